The highest BCUT2D eigenvalue weighted by atomic mass is 16.3. The number of rotatable bonds is 7. The number of carbonyl (C=O) groups is 1. The third-order valence-corrected chi connectivity index (χ3v) is 5.65. The molecule has 1 amide bonds. The van der Waals surface area contributed by atoms with Gasteiger partial charge in [-0.25, -0.2) is 0 Å². The molecule has 0 bridgehead atoms. The summed E-state index contributed by atoms with van der Waals surface area (Å²) in [5.41, 5.74) is 0.309. The van der Waals surface area contributed by atoms with Crippen molar-refractivity contribution in [3.05, 3.63) is 67.4 Å². The van der Waals surface area contributed by atoms with Crippen LogP contribution in [0.3, 0.4) is 0 Å². The Morgan fingerprint density at radius 1 is 1.19 bits per heavy atom. The minimum atomic E-state index is -0.681. The number of aryl methyl sites for hydroxylation is 1. The maximum Gasteiger partial charge on any atom is 0.257 e. The lowest BCUT2D eigenvalue weighted by Crippen LogP contribution is -2.42. The maximum absolute atomic E-state index is 12.5. The fraction of sp³-hybridized carbons (Fsp3) is 0.348. The van der Waals surface area contributed by atoms with Crippen LogP contribution < -0.4 is 21.5 Å². The molecule has 0 spiro atoms. The number of amides is 1. The highest BCUT2D eigenvalue weighted by Gasteiger charge is 2.26. The Bertz CT molecular complexity index is 1210. The molecule has 1 aliphatic heterocycles. The molecule has 1 saturated heterocycles. The van der Waals surface area contributed by atoms with Gasteiger partial charge in [0.05, 0.1) is 17.8 Å². The van der Waals surface area contributed by atoms with Crippen LogP contribution in [0.1, 0.15) is 53.6 Å². The van der Waals surface area contributed by atoms with E-state index in [9.17, 15) is 19.5 Å². The standard InChI is InChI=1S/C23H25N3O5/c1-12(2)16-10-14(31-13(16)3)11-24-18-19(22(29)21(18)28)25-17-7-4-6-15(20(17)27)23(30)26-8-5-9-26/h4,6-7,10,12,24-25,27H,5,8-9,11H2,1-3H3. The second kappa shape index (κ2) is 7.94. The number of nitrogens with zero attached hydrogens (tertiary/aromatic N) is 1. The van der Waals surface area contributed by atoms with Gasteiger partial charge >= 0.3 is 0 Å². The van der Waals surface area contributed by atoms with Crippen LogP contribution >= 0.6 is 0 Å². The summed E-state index contributed by atoms with van der Waals surface area (Å²) >= 11 is 0. The molecule has 162 valence electrons. The third-order valence-electron chi connectivity index (χ3n) is 5.65. The lowest BCUT2D eigenvalue weighted by Gasteiger charge is -2.31. The molecule has 2 aromatic carbocycles. The van der Waals surface area contributed by atoms with E-state index in [1.165, 1.54) is 6.07 Å². The third kappa shape index (κ3) is 3.69. The average molecular weight is 423 g/mol. The summed E-state index contributed by atoms with van der Waals surface area (Å²) in [7, 11) is 0. The van der Waals surface area contributed by atoms with Gasteiger partial charge in [0.2, 0.25) is 0 Å². The van der Waals surface area contributed by atoms with Crippen LogP contribution in [0.15, 0.2) is 38.3 Å². The van der Waals surface area contributed by atoms with Gasteiger partial charge in [0.25, 0.3) is 16.8 Å². The van der Waals surface area contributed by atoms with Crippen molar-refractivity contribution < 1.29 is 14.3 Å². The van der Waals surface area contributed by atoms with Gasteiger partial charge < -0.3 is 25.1 Å². The molecule has 1 aromatic heterocycles. The lowest BCUT2D eigenvalue weighted by molar-refractivity contribution is 0.0649. The maximum atomic E-state index is 12.5. The van der Waals surface area contributed by atoms with Gasteiger partial charge in [-0.2, -0.15) is 0 Å². The largest absolute Gasteiger partial charge is 0.505 e. The molecule has 1 aliphatic rings. The van der Waals surface area contributed by atoms with Gasteiger partial charge in [-0.3, -0.25) is 14.4 Å². The van der Waals surface area contributed by atoms with Crippen LogP contribution in [0.5, 0.6) is 5.75 Å². The first-order chi connectivity index (χ1) is 14.8. The van der Waals surface area contributed by atoms with E-state index >= 15 is 0 Å². The van der Waals surface area contributed by atoms with Gasteiger partial charge in [0, 0.05) is 13.1 Å². The van der Waals surface area contributed by atoms with E-state index in [1.54, 1.807) is 17.0 Å². The predicted octanol–water partition coefficient (Wildman–Crippen LogP) is 3.21. The molecule has 0 saturated carbocycles. The van der Waals surface area contributed by atoms with Crippen molar-refractivity contribution in [2.45, 2.75) is 39.7 Å². The SMILES string of the molecule is Cc1oc(CNc2c(Nc3cccc(C(=O)N4CCC4)c3O)c(=O)c2=O)cc1C(C)C. The highest BCUT2D eigenvalue weighted by Crippen LogP contribution is 2.33. The number of benzene rings is 1. The van der Waals surface area contributed by atoms with Crippen molar-refractivity contribution in [3.8, 4) is 5.75 Å². The zero-order valence-electron chi connectivity index (χ0n) is 17.7. The zero-order chi connectivity index (χ0) is 22.3. The Hall–Kier alpha value is -3.55. The Kier molecular flexibility index (Phi) is 5.31. The van der Waals surface area contributed by atoms with Crippen molar-refractivity contribution in [1.29, 1.82) is 0 Å². The molecular weight excluding hydrogens is 398 g/mol. The Morgan fingerprint density at radius 2 is 1.90 bits per heavy atom. The number of likely N-dealkylation sites (tertiary alicyclic amines) is 1. The lowest BCUT2D eigenvalue weighted by atomic mass is 10.0. The number of phenolic OH excluding ortho intramolecular Hbond substituents is 1. The van der Waals surface area contributed by atoms with Gasteiger partial charge in [-0.15, -0.1) is 0 Å². The van der Waals surface area contributed by atoms with Gasteiger partial charge in [0.15, 0.2) is 5.75 Å². The molecule has 8 heteroatoms. The van der Waals surface area contributed by atoms with Crippen molar-refractivity contribution in [2.75, 3.05) is 23.7 Å². The van der Waals surface area contributed by atoms with Crippen LogP contribution in [0.4, 0.5) is 17.1 Å². The number of anilines is 3. The van der Waals surface area contributed by atoms with Crippen molar-refractivity contribution >= 4 is 23.0 Å². The van der Waals surface area contributed by atoms with E-state index in [4.69, 9.17) is 4.42 Å². The van der Waals surface area contributed by atoms with E-state index in [0.29, 0.717) is 24.8 Å². The first kappa shape index (κ1) is 20.7. The molecule has 0 atom stereocenters. The van der Waals surface area contributed by atoms with Crippen LogP contribution in [0.25, 0.3) is 0 Å². The first-order valence-electron chi connectivity index (χ1n) is 10.3. The van der Waals surface area contributed by atoms with Gasteiger partial charge in [-0.05, 0) is 43.0 Å². The van der Waals surface area contributed by atoms with Gasteiger partial charge in [-0.1, -0.05) is 19.9 Å². The summed E-state index contributed by atoms with van der Waals surface area (Å²) in [6, 6.07) is 6.64. The van der Waals surface area contributed by atoms with E-state index in [0.717, 1.165) is 17.7 Å². The van der Waals surface area contributed by atoms with E-state index in [2.05, 4.69) is 24.5 Å². The molecule has 2 heterocycles. The summed E-state index contributed by atoms with van der Waals surface area (Å²) < 4.78 is 5.73. The molecule has 0 radical (unpaired) electrons. The molecule has 0 unspecified atom stereocenters. The molecular formula is C23H25N3O5. The average Bonchev–Trinajstić information content (AvgIpc) is 3.07. The second-order valence-electron chi connectivity index (χ2n) is 8.11. The van der Waals surface area contributed by atoms with Crippen molar-refractivity contribution in [1.82, 2.24) is 4.90 Å². The fourth-order valence-electron chi connectivity index (χ4n) is 3.72. The van der Waals surface area contributed by atoms with Crippen LogP contribution in [0.2, 0.25) is 0 Å². The number of aromatic hydroxyl groups is 1. The first-order valence-corrected chi connectivity index (χ1v) is 10.3. The summed E-state index contributed by atoms with van der Waals surface area (Å²) in [4.78, 5) is 38.3. The topological polar surface area (TPSA) is 112 Å². The number of phenols is 1. The van der Waals surface area contributed by atoms with Crippen molar-refractivity contribution in [2.24, 2.45) is 0 Å². The zero-order valence-corrected chi connectivity index (χ0v) is 17.7. The van der Waals surface area contributed by atoms with Crippen molar-refractivity contribution in [3.63, 3.8) is 0 Å². The molecule has 3 aromatic rings. The summed E-state index contributed by atoms with van der Waals surface area (Å²) in [5, 5.41) is 16.3. The van der Waals surface area contributed by atoms with E-state index in [-0.39, 0.29) is 40.8 Å². The highest BCUT2D eigenvalue weighted by molar-refractivity contribution is 5.99. The monoisotopic (exact) mass is 423 g/mol. The van der Waals surface area contributed by atoms with E-state index < -0.39 is 10.9 Å². The number of para-hydroxylation sites is 1. The smallest absolute Gasteiger partial charge is 0.257 e. The number of carbonyl (C=O) groups excluding carboxylic acids is 1. The quantitative estimate of drug-likeness (QED) is 0.395. The van der Waals surface area contributed by atoms with E-state index in [1.807, 2.05) is 13.0 Å². The minimum Gasteiger partial charge on any atom is -0.505 e. The fourth-order valence-corrected chi connectivity index (χ4v) is 3.72. The summed E-state index contributed by atoms with van der Waals surface area (Å²) in [6.07, 6.45) is 0.941. The molecule has 31 heavy (non-hydrogen) atoms. The number of hydrogen-bond acceptors (Lipinski definition) is 7. The molecule has 4 rings (SSSR count). The minimum absolute atomic E-state index is 0.0567. The second-order valence-corrected chi connectivity index (χ2v) is 8.11. The molecule has 8 nitrogen and oxygen atoms in total. The summed E-state index contributed by atoms with van der Waals surface area (Å²) in [6.45, 7) is 7.59. The number of nitrogens with one attached hydrogen (secondary N) is 2. The Balaban J connectivity index is 1.53. The van der Waals surface area contributed by atoms with Crippen LogP contribution in [-0.2, 0) is 6.54 Å². The molecule has 3 N–H and O–H groups in total. The number of furan rings is 1. The Labute approximate surface area is 179 Å². The van der Waals surface area contributed by atoms with Gasteiger partial charge in [0.1, 0.15) is 22.9 Å². The Morgan fingerprint density at radius 3 is 2.52 bits per heavy atom. The number of hydrogen-bond donors (Lipinski definition) is 3. The molecule has 1 fully saturated rings. The normalized spacial score (nSPS) is 13.5. The van der Waals surface area contributed by atoms with Crippen LogP contribution in [0, 0.1) is 6.92 Å². The van der Waals surface area contributed by atoms with Crippen LogP contribution in [-0.4, -0.2) is 29.0 Å². The predicted molar refractivity (Wildman–Crippen MR) is 118 cm³/mol. The summed E-state index contributed by atoms with van der Waals surface area (Å²) in [5.74, 6) is 1.29. The molecule has 0 aliphatic carbocycles.